The van der Waals surface area contributed by atoms with E-state index in [1.165, 1.54) is 5.56 Å². The Balaban J connectivity index is 1.94. The van der Waals surface area contributed by atoms with Gasteiger partial charge in [-0.1, -0.05) is 0 Å². The van der Waals surface area contributed by atoms with E-state index in [-0.39, 0.29) is 0 Å². The second-order valence-corrected chi connectivity index (χ2v) is 3.33. The number of hydrogen-bond donors (Lipinski definition) is 1. The molecule has 2 aromatic heterocycles. The van der Waals surface area contributed by atoms with Gasteiger partial charge < -0.3 is 14.3 Å². The smallest absolute Gasteiger partial charge is 0.294 e. The number of aromatic nitrogens is 2. The summed E-state index contributed by atoms with van der Waals surface area (Å²) in [5.74, 6) is 0. The Morgan fingerprint density at radius 2 is 2.43 bits per heavy atom. The van der Waals surface area contributed by atoms with Gasteiger partial charge in [-0.15, -0.1) is 0 Å². The molecule has 0 bridgehead atoms. The van der Waals surface area contributed by atoms with Crippen LogP contribution in [-0.2, 0) is 13.6 Å². The molecule has 0 aliphatic heterocycles. The van der Waals surface area contributed by atoms with Crippen LogP contribution in [0.1, 0.15) is 11.3 Å². The van der Waals surface area contributed by atoms with Gasteiger partial charge in [0.2, 0.25) is 0 Å². The van der Waals surface area contributed by atoms with Gasteiger partial charge in [0.25, 0.3) is 6.01 Å². The summed E-state index contributed by atoms with van der Waals surface area (Å²) in [4.78, 5) is 4.15. The third-order valence-electron chi connectivity index (χ3n) is 1.96. The number of hydrogen-bond acceptors (Lipinski definition) is 3. The lowest BCUT2D eigenvalue weighted by molar-refractivity contribution is 0.570. The summed E-state index contributed by atoms with van der Waals surface area (Å²) in [7, 11) is 2.00. The molecular formula is C10H13N3O. The summed E-state index contributed by atoms with van der Waals surface area (Å²) in [5.41, 5.74) is 2.10. The minimum Gasteiger partial charge on any atom is -0.432 e. The van der Waals surface area contributed by atoms with Gasteiger partial charge >= 0.3 is 0 Å². The summed E-state index contributed by atoms with van der Waals surface area (Å²) in [6, 6.07) is 2.63. The third-order valence-corrected chi connectivity index (χ3v) is 1.96. The van der Waals surface area contributed by atoms with Gasteiger partial charge in [-0.3, -0.25) is 0 Å². The molecule has 0 saturated carbocycles. The quantitative estimate of drug-likeness (QED) is 0.806. The molecule has 2 aromatic rings. The highest BCUT2D eigenvalue weighted by atomic mass is 16.4. The first-order valence-corrected chi connectivity index (χ1v) is 4.51. The van der Waals surface area contributed by atoms with Gasteiger partial charge in [0.1, 0.15) is 6.26 Å². The summed E-state index contributed by atoms with van der Waals surface area (Å²) in [6.07, 6.45) is 5.70. The lowest BCUT2D eigenvalue weighted by Gasteiger charge is -1.97. The van der Waals surface area contributed by atoms with E-state index in [1.54, 1.807) is 6.26 Å². The van der Waals surface area contributed by atoms with Crippen LogP contribution in [0.5, 0.6) is 0 Å². The third kappa shape index (κ3) is 1.96. The van der Waals surface area contributed by atoms with E-state index in [0.717, 1.165) is 12.2 Å². The van der Waals surface area contributed by atoms with E-state index in [1.807, 2.05) is 24.7 Å². The Labute approximate surface area is 82.6 Å². The van der Waals surface area contributed by atoms with Crippen molar-refractivity contribution in [1.82, 2.24) is 9.55 Å². The Bertz CT molecular complexity index is 376. The lowest BCUT2D eigenvalue weighted by Crippen LogP contribution is -1.98. The molecule has 0 radical (unpaired) electrons. The average molecular weight is 191 g/mol. The van der Waals surface area contributed by atoms with Crippen LogP contribution in [0, 0.1) is 6.92 Å². The first-order valence-electron chi connectivity index (χ1n) is 4.51. The molecule has 0 aliphatic carbocycles. The topological polar surface area (TPSA) is 43.0 Å². The van der Waals surface area contributed by atoms with Crippen LogP contribution in [0.25, 0.3) is 0 Å². The van der Waals surface area contributed by atoms with Crippen molar-refractivity contribution in [1.29, 1.82) is 0 Å². The van der Waals surface area contributed by atoms with E-state index in [4.69, 9.17) is 4.42 Å². The van der Waals surface area contributed by atoms with Crippen LogP contribution >= 0.6 is 0 Å². The van der Waals surface area contributed by atoms with Crippen LogP contribution in [0.4, 0.5) is 6.01 Å². The van der Waals surface area contributed by atoms with Crippen LogP contribution in [0.2, 0.25) is 0 Å². The number of oxazole rings is 1. The van der Waals surface area contributed by atoms with E-state index in [9.17, 15) is 0 Å². The minimum atomic E-state index is 0.575. The first-order chi connectivity index (χ1) is 6.74. The second-order valence-electron chi connectivity index (χ2n) is 3.33. The molecule has 0 unspecified atom stereocenters. The molecule has 4 heteroatoms. The molecule has 14 heavy (non-hydrogen) atoms. The van der Waals surface area contributed by atoms with Crippen molar-refractivity contribution < 1.29 is 4.42 Å². The van der Waals surface area contributed by atoms with E-state index in [0.29, 0.717) is 6.01 Å². The van der Waals surface area contributed by atoms with Crippen molar-refractivity contribution in [2.75, 3.05) is 5.32 Å². The highest BCUT2D eigenvalue weighted by Gasteiger charge is 1.99. The zero-order chi connectivity index (χ0) is 9.97. The van der Waals surface area contributed by atoms with Gasteiger partial charge in [0.05, 0.1) is 5.69 Å². The Hall–Kier alpha value is -1.71. The first kappa shape index (κ1) is 8.87. The van der Waals surface area contributed by atoms with Gasteiger partial charge in [-0.2, -0.15) is 4.98 Å². The molecule has 2 rings (SSSR count). The normalized spacial score (nSPS) is 10.4. The summed E-state index contributed by atoms with van der Waals surface area (Å²) in [6.45, 7) is 2.64. The Kier molecular flexibility index (Phi) is 2.26. The fourth-order valence-corrected chi connectivity index (χ4v) is 1.28. The number of aryl methyl sites for hydroxylation is 2. The predicted octanol–water partition coefficient (Wildman–Crippen LogP) is 1.93. The summed E-state index contributed by atoms with van der Waals surface area (Å²) < 4.78 is 7.18. The van der Waals surface area contributed by atoms with Gasteiger partial charge in [0.15, 0.2) is 0 Å². The van der Waals surface area contributed by atoms with Crippen molar-refractivity contribution in [2.45, 2.75) is 13.5 Å². The second kappa shape index (κ2) is 3.57. The number of anilines is 1. The number of nitrogens with zero attached hydrogens (tertiary/aromatic N) is 2. The SMILES string of the molecule is Cc1coc(NCc2ccn(C)c2)n1. The average Bonchev–Trinajstić information content (AvgIpc) is 2.72. The molecule has 0 spiro atoms. The molecule has 4 nitrogen and oxygen atoms in total. The highest BCUT2D eigenvalue weighted by molar-refractivity contribution is 5.24. The summed E-state index contributed by atoms with van der Waals surface area (Å²) in [5, 5.41) is 3.10. The molecule has 0 aliphatic rings. The van der Waals surface area contributed by atoms with Crippen molar-refractivity contribution >= 4 is 6.01 Å². The molecule has 2 heterocycles. The zero-order valence-electron chi connectivity index (χ0n) is 8.32. The Morgan fingerprint density at radius 1 is 1.57 bits per heavy atom. The molecule has 0 fully saturated rings. The van der Waals surface area contributed by atoms with Crippen LogP contribution in [0.3, 0.4) is 0 Å². The standard InChI is InChI=1S/C10H13N3O/c1-8-7-14-10(12-8)11-5-9-3-4-13(2)6-9/h3-4,6-7H,5H2,1-2H3,(H,11,12). The van der Waals surface area contributed by atoms with Crippen LogP contribution < -0.4 is 5.32 Å². The van der Waals surface area contributed by atoms with E-state index >= 15 is 0 Å². The maximum atomic E-state index is 5.16. The Morgan fingerprint density at radius 3 is 3.00 bits per heavy atom. The molecule has 0 amide bonds. The monoisotopic (exact) mass is 191 g/mol. The number of nitrogens with one attached hydrogen (secondary N) is 1. The maximum Gasteiger partial charge on any atom is 0.294 e. The number of rotatable bonds is 3. The zero-order valence-corrected chi connectivity index (χ0v) is 8.32. The largest absolute Gasteiger partial charge is 0.432 e. The maximum absolute atomic E-state index is 5.16. The van der Waals surface area contributed by atoms with Crippen molar-refractivity contribution in [3.8, 4) is 0 Å². The van der Waals surface area contributed by atoms with Crippen molar-refractivity contribution in [2.24, 2.45) is 7.05 Å². The molecule has 1 N–H and O–H groups in total. The molecule has 74 valence electrons. The van der Waals surface area contributed by atoms with Gasteiger partial charge in [-0.05, 0) is 18.6 Å². The minimum absolute atomic E-state index is 0.575. The van der Waals surface area contributed by atoms with Crippen LogP contribution in [-0.4, -0.2) is 9.55 Å². The van der Waals surface area contributed by atoms with E-state index < -0.39 is 0 Å². The summed E-state index contributed by atoms with van der Waals surface area (Å²) >= 11 is 0. The van der Waals surface area contributed by atoms with Crippen molar-refractivity contribution in [3.05, 3.63) is 36.0 Å². The van der Waals surface area contributed by atoms with Crippen molar-refractivity contribution in [3.63, 3.8) is 0 Å². The van der Waals surface area contributed by atoms with E-state index in [2.05, 4.69) is 22.6 Å². The fourth-order valence-electron chi connectivity index (χ4n) is 1.28. The lowest BCUT2D eigenvalue weighted by atomic mass is 10.3. The fraction of sp³-hybridized carbons (Fsp3) is 0.300. The highest BCUT2D eigenvalue weighted by Crippen LogP contribution is 2.08. The molecular weight excluding hydrogens is 178 g/mol. The van der Waals surface area contributed by atoms with Crippen LogP contribution in [0.15, 0.2) is 29.1 Å². The molecule has 0 atom stereocenters. The predicted molar refractivity (Wildman–Crippen MR) is 54.0 cm³/mol. The molecule has 0 saturated heterocycles. The van der Waals surface area contributed by atoms with Gasteiger partial charge in [-0.25, -0.2) is 0 Å². The van der Waals surface area contributed by atoms with Gasteiger partial charge in [0, 0.05) is 26.0 Å². The molecule has 0 aromatic carbocycles.